The predicted octanol–water partition coefficient (Wildman–Crippen LogP) is 6.42. The summed E-state index contributed by atoms with van der Waals surface area (Å²) in [5.41, 5.74) is -1.17. The van der Waals surface area contributed by atoms with Crippen molar-refractivity contribution < 1.29 is 41.8 Å². The quantitative estimate of drug-likeness (QED) is 0.175. The number of nitrogens with zero attached hydrogens (tertiary/aromatic N) is 1. The monoisotopic (exact) mass is 741 g/mol. The second kappa shape index (κ2) is 17.4. The maximum atomic E-state index is 13.6. The molecule has 0 saturated heterocycles. The number of nitrogens with one attached hydrogen (secondary N) is 4. The summed E-state index contributed by atoms with van der Waals surface area (Å²) < 4.78 is 51.3. The third-order valence-corrected chi connectivity index (χ3v) is 8.69. The minimum atomic E-state index is -4.78. The number of halogens is 3. The number of benzene rings is 3. The van der Waals surface area contributed by atoms with Crippen LogP contribution in [0.1, 0.15) is 67.1 Å². The molecule has 11 nitrogen and oxygen atoms in total. The molecule has 3 atom stereocenters. The molecule has 1 aliphatic carbocycles. The third-order valence-electron chi connectivity index (χ3n) is 8.17. The van der Waals surface area contributed by atoms with E-state index in [1.165, 1.54) is 0 Å². The van der Waals surface area contributed by atoms with Crippen molar-refractivity contribution in [1.29, 1.82) is 0 Å². The lowest BCUT2D eigenvalue weighted by molar-refractivity contribution is -0.137. The van der Waals surface area contributed by atoms with Crippen molar-refractivity contribution in [2.75, 3.05) is 18.9 Å². The number of anilines is 1. The van der Waals surface area contributed by atoms with Crippen LogP contribution in [-0.4, -0.2) is 71.2 Å². The highest BCUT2D eigenvalue weighted by Crippen LogP contribution is 2.32. The van der Waals surface area contributed by atoms with Gasteiger partial charge in [-0.3, -0.25) is 14.9 Å². The molecule has 4 N–H and O–H groups in total. The van der Waals surface area contributed by atoms with E-state index < -0.39 is 59.5 Å². The minimum Gasteiger partial charge on any atom is -0.445 e. The first kappa shape index (κ1) is 39.6. The number of hydrogen-bond acceptors (Lipinski definition) is 7. The fraction of sp³-hybridized carbons (Fsp3) is 0.378. The van der Waals surface area contributed by atoms with Crippen molar-refractivity contribution >= 4 is 46.9 Å². The number of carbonyl (C=O) groups is 4. The Morgan fingerprint density at radius 1 is 0.885 bits per heavy atom. The molecule has 0 radical (unpaired) electrons. The average molecular weight is 742 g/mol. The summed E-state index contributed by atoms with van der Waals surface area (Å²) in [6.45, 7) is 4.28. The Balaban J connectivity index is 1.46. The zero-order chi connectivity index (χ0) is 38.1. The van der Waals surface area contributed by atoms with E-state index in [0.717, 1.165) is 23.3 Å². The third kappa shape index (κ3) is 11.7. The van der Waals surface area contributed by atoms with Gasteiger partial charge in [0.1, 0.15) is 17.2 Å². The zero-order valence-corrected chi connectivity index (χ0v) is 30.0. The smallest absolute Gasteiger partial charge is 0.416 e. The van der Waals surface area contributed by atoms with Gasteiger partial charge in [-0.05, 0) is 63.8 Å². The van der Waals surface area contributed by atoms with Crippen molar-refractivity contribution in [2.45, 2.75) is 76.5 Å². The number of alkyl carbamates (subject to hydrolysis) is 1. The van der Waals surface area contributed by atoms with E-state index in [1.54, 1.807) is 20.8 Å². The molecule has 0 aromatic heterocycles. The van der Waals surface area contributed by atoms with Gasteiger partial charge in [0.15, 0.2) is 0 Å². The van der Waals surface area contributed by atoms with Gasteiger partial charge in [0.25, 0.3) is 5.91 Å². The largest absolute Gasteiger partial charge is 0.445 e. The molecule has 278 valence electrons. The van der Waals surface area contributed by atoms with Crippen molar-refractivity contribution in [2.24, 2.45) is 0 Å². The molecule has 3 aromatic rings. The lowest BCUT2D eigenvalue weighted by Crippen LogP contribution is -2.58. The summed E-state index contributed by atoms with van der Waals surface area (Å²) in [6.07, 6.45) is -5.00. The molecule has 4 amide bonds. The van der Waals surface area contributed by atoms with Gasteiger partial charge in [0.2, 0.25) is 5.91 Å². The Bertz CT molecular complexity index is 1740. The van der Waals surface area contributed by atoms with Crippen LogP contribution < -0.4 is 21.3 Å². The van der Waals surface area contributed by atoms with Crippen LogP contribution in [-0.2, 0) is 27.1 Å². The van der Waals surface area contributed by atoms with E-state index in [1.807, 2.05) is 72.6 Å². The van der Waals surface area contributed by atoms with Crippen LogP contribution in [0.2, 0.25) is 0 Å². The number of rotatable bonds is 10. The predicted molar refractivity (Wildman–Crippen MR) is 193 cm³/mol. The highest BCUT2D eigenvalue weighted by atomic mass is 32.1. The number of carbonyl (C=O) groups excluding carboxylic acids is 4. The molecule has 4 rings (SSSR count). The average Bonchev–Trinajstić information content (AvgIpc) is 3.09. The normalized spacial score (nSPS) is 17.2. The lowest BCUT2D eigenvalue weighted by atomic mass is 9.85. The number of thiocarbonyl (C=S) groups is 1. The Kier molecular flexibility index (Phi) is 13.2. The molecule has 1 aliphatic rings. The highest BCUT2D eigenvalue weighted by molar-refractivity contribution is 7.80. The molecular formula is C37H42F3N5O6S. The summed E-state index contributed by atoms with van der Waals surface area (Å²) in [4.78, 5) is 54.1. The number of amides is 4. The summed E-state index contributed by atoms with van der Waals surface area (Å²) >= 11 is 5.77. The summed E-state index contributed by atoms with van der Waals surface area (Å²) in [5.74, 6) is -1.67. The SMILES string of the molecule is CN(C(=S)c1ccccc1)C1CCC(NC(=O)OCc2ccccc2)CC1NC(=O)CNC(=O)c1cc(C(F)(F)F)ccc1NC(=O)OC(C)(C)C. The molecule has 0 aliphatic heterocycles. The Morgan fingerprint density at radius 3 is 2.17 bits per heavy atom. The number of ether oxygens (including phenoxy) is 2. The summed E-state index contributed by atoms with van der Waals surface area (Å²) in [5, 5.41) is 10.4. The first-order chi connectivity index (χ1) is 24.5. The standard InChI is InChI=1S/C37H42F3N5O6S/c1-36(2,3)51-35(49)44-28-17-15-25(37(38,39)40)19-27(28)32(47)41-21-31(46)43-29-20-26(42-34(48)50-22-23-11-7-5-8-12-23)16-18-30(29)45(4)33(52)24-13-9-6-10-14-24/h5-15,17,19,26,29-30H,16,18,20-22H2,1-4H3,(H,41,47)(H,42,48)(H,43,46)(H,44,49). The molecular weight excluding hydrogens is 699 g/mol. The van der Waals surface area contributed by atoms with Gasteiger partial charge in [-0.25, -0.2) is 9.59 Å². The lowest BCUT2D eigenvalue weighted by Gasteiger charge is -2.42. The fourth-order valence-corrected chi connectivity index (χ4v) is 5.99. The second-order valence-electron chi connectivity index (χ2n) is 13.3. The Morgan fingerprint density at radius 2 is 1.54 bits per heavy atom. The van der Waals surface area contributed by atoms with Crippen LogP contribution in [0.25, 0.3) is 0 Å². The van der Waals surface area contributed by atoms with E-state index in [2.05, 4.69) is 21.3 Å². The van der Waals surface area contributed by atoms with Crippen molar-refractivity contribution in [3.8, 4) is 0 Å². The molecule has 15 heteroatoms. The van der Waals surface area contributed by atoms with Crippen molar-refractivity contribution in [1.82, 2.24) is 20.9 Å². The minimum absolute atomic E-state index is 0.0802. The van der Waals surface area contributed by atoms with Crippen LogP contribution in [0.3, 0.4) is 0 Å². The first-order valence-electron chi connectivity index (χ1n) is 16.6. The molecule has 0 heterocycles. The van der Waals surface area contributed by atoms with Gasteiger partial charge in [0.05, 0.1) is 29.4 Å². The maximum absolute atomic E-state index is 13.6. The Hall–Kier alpha value is -5.18. The van der Waals surface area contributed by atoms with Crippen molar-refractivity contribution in [3.05, 3.63) is 101 Å². The number of alkyl halides is 3. The molecule has 1 saturated carbocycles. The fourth-order valence-electron chi connectivity index (χ4n) is 5.72. The van der Waals surface area contributed by atoms with Gasteiger partial charge < -0.3 is 30.3 Å². The van der Waals surface area contributed by atoms with Gasteiger partial charge in [-0.1, -0.05) is 72.9 Å². The van der Waals surface area contributed by atoms with E-state index >= 15 is 0 Å². The molecule has 52 heavy (non-hydrogen) atoms. The van der Waals surface area contributed by atoms with E-state index in [4.69, 9.17) is 21.7 Å². The van der Waals surface area contributed by atoms with Crippen LogP contribution in [0.5, 0.6) is 0 Å². The Labute approximate surface area is 305 Å². The van der Waals surface area contributed by atoms with E-state index in [-0.39, 0.29) is 24.4 Å². The second-order valence-corrected chi connectivity index (χ2v) is 13.7. The maximum Gasteiger partial charge on any atom is 0.416 e. The molecule has 3 aromatic carbocycles. The molecule has 0 spiro atoms. The van der Waals surface area contributed by atoms with E-state index in [9.17, 15) is 32.3 Å². The summed E-state index contributed by atoms with van der Waals surface area (Å²) in [6, 6.07) is 19.5. The highest BCUT2D eigenvalue weighted by Gasteiger charge is 2.36. The van der Waals surface area contributed by atoms with Crippen LogP contribution in [0, 0.1) is 0 Å². The first-order valence-corrected chi connectivity index (χ1v) is 17.0. The summed E-state index contributed by atoms with van der Waals surface area (Å²) in [7, 11) is 1.82. The topological polar surface area (TPSA) is 138 Å². The van der Waals surface area contributed by atoms with Crippen LogP contribution in [0.15, 0.2) is 78.9 Å². The van der Waals surface area contributed by atoms with Gasteiger partial charge in [-0.2, -0.15) is 13.2 Å². The molecule has 3 unspecified atom stereocenters. The van der Waals surface area contributed by atoms with Gasteiger partial charge in [0, 0.05) is 24.7 Å². The van der Waals surface area contributed by atoms with Crippen LogP contribution >= 0.6 is 12.2 Å². The number of likely N-dealkylation sites (N-methyl/N-ethyl adjacent to an activating group) is 1. The molecule has 1 fully saturated rings. The number of hydrogen-bond donors (Lipinski definition) is 4. The van der Waals surface area contributed by atoms with Crippen molar-refractivity contribution in [3.63, 3.8) is 0 Å². The zero-order valence-electron chi connectivity index (χ0n) is 29.2. The van der Waals surface area contributed by atoms with E-state index in [0.29, 0.717) is 30.3 Å². The van der Waals surface area contributed by atoms with Gasteiger partial charge in [-0.15, -0.1) is 0 Å². The molecule has 0 bridgehead atoms. The van der Waals surface area contributed by atoms with Gasteiger partial charge >= 0.3 is 18.4 Å². The van der Waals surface area contributed by atoms with Crippen LogP contribution in [0.4, 0.5) is 28.4 Å².